The second kappa shape index (κ2) is 11.1. The van der Waals surface area contributed by atoms with Gasteiger partial charge in [0.15, 0.2) is 5.16 Å². The van der Waals surface area contributed by atoms with Crippen LogP contribution in [0.5, 0.6) is 0 Å². The van der Waals surface area contributed by atoms with Gasteiger partial charge >= 0.3 is 0 Å². The van der Waals surface area contributed by atoms with Gasteiger partial charge in [0.2, 0.25) is 0 Å². The molecule has 3 aromatic rings. The van der Waals surface area contributed by atoms with Crippen LogP contribution < -0.4 is 10.2 Å². The molecule has 0 unspecified atom stereocenters. The standard InChI is InChI=1S/C24H27N5O2S/c1-18-15-22(29-11-13-31-14-12-29)28-24(27-18)32-17-19-5-4-6-20(16-19)23(30)26-10-8-21-7-2-3-9-25-21/h2-7,9,15-16H,8,10-14,17H2,1H3,(H,26,30). The second-order valence-corrected chi connectivity index (χ2v) is 8.51. The van der Waals surface area contributed by atoms with Gasteiger partial charge in [-0.2, -0.15) is 0 Å². The van der Waals surface area contributed by atoms with Crippen LogP contribution in [0, 0.1) is 6.92 Å². The number of ether oxygens (including phenoxy) is 1. The van der Waals surface area contributed by atoms with E-state index >= 15 is 0 Å². The summed E-state index contributed by atoms with van der Waals surface area (Å²) < 4.78 is 5.44. The molecule has 1 fully saturated rings. The number of carbonyl (C=O) groups excluding carboxylic acids is 1. The van der Waals surface area contributed by atoms with Gasteiger partial charge in [-0.05, 0) is 36.8 Å². The summed E-state index contributed by atoms with van der Waals surface area (Å²) in [6.07, 6.45) is 2.47. The molecular formula is C24H27N5O2S. The highest BCUT2D eigenvalue weighted by atomic mass is 32.2. The van der Waals surface area contributed by atoms with Crippen molar-refractivity contribution in [2.45, 2.75) is 24.3 Å². The summed E-state index contributed by atoms with van der Waals surface area (Å²) in [5.41, 5.74) is 3.63. The quantitative estimate of drug-likeness (QED) is 0.418. The van der Waals surface area contributed by atoms with E-state index in [2.05, 4.69) is 20.2 Å². The SMILES string of the molecule is Cc1cc(N2CCOCC2)nc(SCc2cccc(C(=O)NCCc3ccccn3)c2)n1. The lowest BCUT2D eigenvalue weighted by atomic mass is 10.1. The minimum Gasteiger partial charge on any atom is -0.378 e. The number of nitrogens with zero attached hydrogens (tertiary/aromatic N) is 4. The van der Waals surface area contributed by atoms with E-state index < -0.39 is 0 Å². The molecule has 0 aliphatic carbocycles. The maximum absolute atomic E-state index is 12.5. The summed E-state index contributed by atoms with van der Waals surface area (Å²) in [5.74, 6) is 1.57. The van der Waals surface area contributed by atoms with E-state index in [1.165, 1.54) is 0 Å². The van der Waals surface area contributed by atoms with Crippen LogP contribution in [-0.2, 0) is 16.9 Å². The van der Waals surface area contributed by atoms with Gasteiger partial charge in [-0.25, -0.2) is 9.97 Å². The molecule has 32 heavy (non-hydrogen) atoms. The molecule has 166 valence electrons. The van der Waals surface area contributed by atoms with Gasteiger partial charge in [-0.3, -0.25) is 9.78 Å². The number of thioether (sulfide) groups is 1. The molecule has 1 aliphatic rings. The number of pyridine rings is 1. The van der Waals surface area contributed by atoms with Crippen LogP contribution in [0.4, 0.5) is 5.82 Å². The molecule has 0 bridgehead atoms. The van der Waals surface area contributed by atoms with Crippen molar-refractivity contribution in [3.63, 3.8) is 0 Å². The van der Waals surface area contributed by atoms with Crippen LogP contribution in [-0.4, -0.2) is 53.7 Å². The van der Waals surface area contributed by atoms with Crippen molar-refractivity contribution in [2.75, 3.05) is 37.7 Å². The van der Waals surface area contributed by atoms with Crippen molar-refractivity contribution in [3.05, 3.63) is 77.2 Å². The van der Waals surface area contributed by atoms with Gasteiger partial charge in [0, 0.05) is 61.0 Å². The molecule has 1 aliphatic heterocycles. The molecule has 1 amide bonds. The monoisotopic (exact) mass is 449 g/mol. The molecule has 8 heteroatoms. The van der Waals surface area contributed by atoms with Gasteiger partial charge in [-0.15, -0.1) is 0 Å². The van der Waals surface area contributed by atoms with E-state index in [9.17, 15) is 4.79 Å². The number of benzene rings is 1. The number of hydrogen-bond acceptors (Lipinski definition) is 7. The lowest BCUT2D eigenvalue weighted by Crippen LogP contribution is -2.36. The number of rotatable bonds is 8. The van der Waals surface area contributed by atoms with Crippen molar-refractivity contribution in [1.82, 2.24) is 20.3 Å². The van der Waals surface area contributed by atoms with Gasteiger partial charge in [-0.1, -0.05) is 30.0 Å². The molecule has 0 saturated carbocycles. The van der Waals surface area contributed by atoms with E-state index in [1.54, 1.807) is 18.0 Å². The fourth-order valence-corrected chi connectivity index (χ4v) is 4.29. The minimum absolute atomic E-state index is 0.0748. The highest BCUT2D eigenvalue weighted by Gasteiger charge is 2.14. The zero-order valence-corrected chi connectivity index (χ0v) is 19.0. The Morgan fingerprint density at radius 3 is 2.81 bits per heavy atom. The molecule has 0 spiro atoms. The van der Waals surface area contributed by atoms with Crippen molar-refractivity contribution in [1.29, 1.82) is 0 Å². The Labute approximate surface area is 192 Å². The Morgan fingerprint density at radius 2 is 2.00 bits per heavy atom. The van der Waals surface area contributed by atoms with E-state index in [0.29, 0.717) is 24.3 Å². The van der Waals surface area contributed by atoms with Crippen LogP contribution in [0.2, 0.25) is 0 Å². The third-order valence-corrected chi connectivity index (χ3v) is 6.02. The van der Waals surface area contributed by atoms with Crippen molar-refractivity contribution in [2.24, 2.45) is 0 Å². The Bertz CT molecular complexity index is 1040. The molecule has 1 aromatic carbocycles. The first-order chi connectivity index (χ1) is 15.7. The average molecular weight is 450 g/mol. The average Bonchev–Trinajstić information content (AvgIpc) is 2.84. The first-order valence-corrected chi connectivity index (χ1v) is 11.7. The lowest BCUT2D eigenvalue weighted by Gasteiger charge is -2.28. The third-order valence-electron chi connectivity index (χ3n) is 5.11. The topological polar surface area (TPSA) is 80.2 Å². The van der Waals surface area contributed by atoms with Crippen LogP contribution in [0.3, 0.4) is 0 Å². The van der Waals surface area contributed by atoms with Crippen LogP contribution in [0.25, 0.3) is 0 Å². The number of nitrogens with one attached hydrogen (secondary N) is 1. The number of morpholine rings is 1. The van der Waals surface area contributed by atoms with E-state index in [-0.39, 0.29) is 5.91 Å². The number of anilines is 1. The maximum Gasteiger partial charge on any atom is 0.251 e. The zero-order valence-electron chi connectivity index (χ0n) is 18.2. The maximum atomic E-state index is 12.5. The zero-order chi connectivity index (χ0) is 22.2. The predicted octanol–water partition coefficient (Wildman–Crippen LogP) is 3.28. The molecule has 4 rings (SSSR count). The fourth-order valence-electron chi connectivity index (χ4n) is 3.45. The number of amides is 1. The Hall–Kier alpha value is -2.97. The van der Waals surface area contributed by atoms with Crippen LogP contribution in [0.15, 0.2) is 59.9 Å². The molecular weight excluding hydrogens is 422 g/mol. The van der Waals surface area contributed by atoms with Gasteiger partial charge in [0.1, 0.15) is 5.82 Å². The molecule has 7 nitrogen and oxygen atoms in total. The van der Waals surface area contributed by atoms with E-state index in [0.717, 1.165) is 54.2 Å². The predicted molar refractivity (Wildman–Crippen MR) is 126 cm³/mol. The molecule has 2 aromatic heterocycles. The molecule has 1 saturated heterocycles. The van der Waals surface area contributed by atoms with Crippen LogP contribution >= 0.6 is 11.8 Å². The Morgan fingerprint density at radius 1 is 1.12 bits per heavy atom. The summed E-state index contributed by atoms with van der Waals surface area (Å²) in [6.45, 7) is 5.68. The largest absolute Gasteiger partial charge is 0.378 e. The Balaban J connectivity index is 1.33. The van der Waals surface area contributed by atoms with Crippen molar-refractivity contribution in [3.8, 4) is 0 Å². The third kappa shape index (κ3) is 6.27. The molecule has 0 atom stereocenters. The first kappa shape index (κ1) is 22.2. The Kier molecular flexibility index (Phi) is 7.68. The first-order valence-electron chi connectivity index (χ1n) is 10.8. The number of aryl methyl sites for hydroxylation is 1. The van der Waals surface area contributed by atoms with Gasteiger partial charge in [0.05, 0.1) is 13.2 Å². The van der Waals surface area contributed by atoms with Crippen LogP contribution in [0.1, 0.15) is 27.3 Å². The highest BCUT2D eigenvalue weighted by Crippen LogP contribution is 2.23. The molecule has 0 radical (unpaired) electrons. The summed E-state index contributed by atoms with van der Waals surface area (Å²) in [7, 11) is 0. The van der Waals surface area contributed by atoms with Crippen molar-refractivity contribution < 1.29 is 9.53 Å². The molecule has 1 N–H and O–H groups in total. The summed E-state index contributed by atoms with van der Waals surface area (Å²) in [5, 5.41) is 3.72. The minimum atomic E-state index is -0.0748. The number of carbonyl (C=O) groups is 1. The summed E-state index contributed by atoms with van der Waals surface area (Å²) in [6, 6.07) is 15.5. The molecule has 3 heterocycles. The summed E-state index contributed by atoms with van der Waals surface area (Å²) >= 11 is 1.58. The van der Waals surface area contributed by atoms with Gasteiger partial charge < -0.3 is 15.0 Å². The normalized spacial score (nSPS) is 13.7. The highest BCUT2D eigenvalue weighted by molar-refractivity contribution is 7.98. The van der Waals surface area contributed by atoms with Crippen molar-refractivity contribution >= 4 is 23.5 Å². The lowest BCUT2D eigenvalue weighted by molar-refractivity contribution is 0.0954. The number of hydrogen-bond donors (Lipinski definition) is 1. The second-order valence-electron chi connectivity index (χ2n) is 7.57. The van der Waals surface area contributed by atoms with E-state index in [1.807, 2.05) is 55.5 Å². The summed E-state index contributed by atoms with van der Waals surface area (Å²) in [4.78, 5) is 28.4. The smallest absolute Gasteiger partial charge is 0.251 e. The fraction of sp³-hybridized carbons (Fsp3) is 0.333. The van der Waals surface area contributed by atoms with Gasteiger partial charge in [0.25, 0.3) is 5.91 Å². The van der Waals surface area contributed by atoms with E-state index in [4.69, 9.17) is 9.72 Å². The number of aromatic nitrogens is 3.